The molecule has 0 fully saturated rings. The number of methoxy groups -OCH3 is 3. The molecule has 0 atom stereocenters. The van der Waals surface area contributed by atoms with Crippen LogP contribution < -0.4 is 14.8 Å². The molecule has 7 nitrogen and oxygen atoms in total. The molecule has 0 radical (unpaired) electrons. The van der Waals surface area contributed by atoms with Crippen molar-refractivity contribution in [2.24, 2.45) is 0 Å². The zero-order chi connectivity index (χ0) is 20.6. The fraction of sp³-hybridized carbons (Fsp3) is 0.273. The number of hydrogen-bond donors (Lipinski definition) is 1. The average molecular weight is 395 g/mol. The highest BCUT2D eigenvalue weighted by Gasteiger charge is 2.19. The van der Waals surface area contributed by atoms with Crippen molar-refractivity contribution < 1.29 is 19.0 Å². The minimum Gasteiger partial charge on any atom is -0.497 e. The lowest BCUT2D eigenvalue weighted by Gasteiger charge is -2.09. The standard InChI is InChI=1S/C22H25N3O4/c1-27-13-7-12-23-22(26)20-15-19(24-25(20)16-8-5-4-6-9-16)18-11-10-17(28-2)14-21(18)29-3/h4-6,8-11,14-15H,7,12-13H2,1-3H3,(H,23,26). The van der Waals surface area contributed by atoms with Gasteiger partial charge in [0.1, 0.15) is 17.2 Å². The van der Waals surface area contributed by atoms with Gasteiger partial charge in [-0.25, -0.2) is 4.68 Å². The first-order valence-corrected chi connectivity index (χ1v) is 9.33. The highest BCUT2D eigenvalue weighted by molar-refractivity contribution is 5.94. The van der Waals surface area contributed by atoms with Crippen LogP contribution in [0.25, 0.3) is 16.9 Å². The van der Waals surface area contributed by atoms with Crippen LogP contribution >= 0.6 is 0 Å². The van der Waals surface area contributed by atoms with Gasteiger partial charge in [-0.3, -0.25) is 4.79 Å². The van der Waals surface area contributed by atoms with Crippen LogP contribution in [0, 0.1) is 0 Å². The lowest BCUT2D eigenvalue weighted by molar-refractivity contribution is 0.0941. The Morgan fingerprint density at radius 1 is 1.03 bits per heavy atom. The summed E-state index contributed by atoms with van der Waals surface area (Å²) in [5.41, 5.74) is 2.65. The second-order valence-corrected chi connectivity index (χ2v) is 6.33. The molecule has 29 heavy (non-hydrogen) atoms. The van der Waals surface area contributed by atoms with E-state index in [1.807, 2.05) is 42.5 Å². The van der Waals surface area contributed by atoms with Crippen molar-refractivity contribution in [3.05, 3.63) is 60.3 Å². The van der Waals surface area contributed by atoms with Crippen molar-refractivity contribution in [2.45, 2.75) is 6.42 Å². The molecule has 0 aliphatic rings. The van der Waals surface area contributed by atoms with Crippen molar-refractivity contribution >= 4 is 5.91 Å². The van der Waals surface area contributed by atoms with Gasteiger partial charge in [0.2, 0.25) is 0 Å². The molecule has 1 N–H and O–H groups in total. The lowest BCUT2D eigenvalue weighted by Crippen LogP contribution is -2.27. The molecule has 3 aromatic rings. The number of nitrogens with zero attached hydrogens (tertiary/aromatic N) is 2. The molecule has 0 aliphatic heterocycles. The Bertz CT molecular complexity index is 954. The average Bonchev–Trinajstić information content (AvgIpc) is 3.22. The molecule has 0 spiro atoms. The summed E-state index contributed by atoms with van der Waals surface area (Å²) in [6, 6.07) is 16.8. The monoisotopic (exact) mass is 395 g/mol. The fourth-order valence-corrected chi connectivity index (χ4v) is 2.96. The van der Waals surface area contributed by atoms with Crippen molar-refractivity contribution in [3.8, 4) is 28.4 Å². The van der Waals surface area contributed by atoms with Crippen LogP contribution in [0.1, 0.15) is 16.9 Å². The molecular weight excluding hydrogens is 370 g/mol. The van der Waals surface area contributed by atoms with E-state index in [4.69, 9.17) is 19.3 Å². The Kier molecular flexibility index (Phi) is 6.86. The quantitative estimate of drug-likeness (QED) is 0.563. The van der Waals surface area contributed by atoms with E-state index in [0.29, 0.717) is 36.0 Å². The maximum Gasteiger partial charge on any atom is 0.270 e. The van der Waals surface area contributed by atoms with Crippen LogP contribution in [0.2, 0.25) is 0 Å². The van der Waals surface area contributed by atoms with Crippen LogP contribution in [0.5, 0.6) is 11.5 Å². The van der Waals surface area contributed by atoms with Crippen LogP contribution in [0.4, 0.5) is 0 Å². The van der Waals surface area contributed by atoms with Gasteiger partial charge in [-0.15, -0.1) is 0 Å². The molecule has 3 rings (SSSR count). The Hall–Kier alpha value is -3.32. The number of carbonyl (C=O) groups is 1. The Balaban J connectivity index is 2.00. The van der Waals surface area contributed by atoms with E-state index in [1.54, 1.807) is 38.1 Å². The van der Waals surface area contributed by atoms with E-state index in [-0.39, 0.29) is 5.91 Å². The minimum atomic E-state index is -0.198. The molecule has 7 heteroatoms. The number of benzene rings is 2. The van der Waals surface area contributed by atoms with Crippen LogP contribution in [-0.2, 0) is 4.74 Å². The largest absolute Gasteiger partial charge is 0.497 e. The molecule has 0 unspecified atom stereocenters. The molecule has 1 heterocycles. The summed E-state index contributed by atoms with van der Waals surface area (Å²) >= 11 is 0. The molecule has 1 aromatic heterocycles. The van der Waals surface area contributed by atoms with Crippen molar-refractivity contribution in [1.29, 1.82) is 0 Å². The second-order valence-electron chi connectivity index (χ2n) is 6.33. The Labute approximate surface area is 170 Å². The highest BCUT2D eigenvalue weighted by Crippen LogP contribution is 2.33. The maximum atomic E-state index is 12.8. The highest BCUT2D eigenvalue weighted by atomic mass is 16.5. The third-order valence-corrected chi connectivity index (χ3v) is 4.44. The van der Waals surface area contributed by atoms with E-state index in [2.05, 4.69) is 5.32 Å². The van der Waals surface area contributed by atoms with Gasteiger partial charge >= 0.3 is 0 Å². The first kappa shape index (κ1) is 20.4. The Morgan fingerprint density at radius 3 is 2.52 bits per heavy atom. The molecule has 0 saturated carbocycles. The second kappa shape index (κ2) is 9.75. The third-order valence-electron chi connectivity index (χ3n) is 4.44. The summed E-state index contributed by atoms with van der Waals surface area (Å²) in [6.45, 7) is 1.11. The van der Waals surface area contributed by atoms with Crippen molar-refractivity contribution in [3.63, 3.8) is 0 Å². The summed E-state index contributed by atoms with van der Waals surface area (Å²) in [5.74, 6) is 1.11. The summed E-state index contributed by atoms with van der Waals surface area (Å²) < 4.78 is 17.5. The fourth-order valence-electron chi connectivity index (χ4n) is 2.96. The number of nitrogens with one attached hydrogen (secondary N) is 1. The molecule has 0 aliphatic carbocycles. The number of ether oxygens (including phenoxy) is 3. The first-order valence-electron chi connectivity index (χ1n) is 9.33. The number of aromatic nitrogens is 2. The molecule has 152 valence electrons. The third kappa shape index (κ3) is 4.75. The van der Waals surface area contributed by atoms with E-state index in [0.717, 1.165) is 17.7 Å². The number of para-hydroxylation sites is 1. The van der Waals surface area contributed by atoms with E-state index in [9.17, 15) is 4.79 Å². The summed E-state index contributed by atoms with van der Waals surface area (Å²) in [7, 11) is 4.83. The number of hydrogen-bond acceptors (Lipinski definition) is 5. The van der Waals surface area contributed by atoms with Gasteiger partial charge in [-0.2, -0.15) is 5.10 Å². The predicted molar refractivity (Wildman–Crippen MR) is 111 cm³/mol. The molecule has 0 bridgehead atoms. The maximum absolute atomic E-state index is 12.8. The smallest absolute Gasteiger partial charge is 0.270 e. The van der Waals surface area contributed by atoms with E-state index < -0.39 is 0 Å². The predicted octanol–water partition coefficient (Wildman–Crippen LogP) is 3.32. The number of carbonyl (C=O) groups excluding carboxylic acids is 1. The molecule has 0 saturated heterocycles. The summed E-state index contributed by atoms with van der Waals surface area (Å²) in [5, 5.41) is 7.62. The number of amides is 1. The van der Waals surface area contributed by atoms with Gasteiger partial charge in [0.05, 0.1) is 25.6 Å². The van der Waals surface area contributed by atoms with Crippen LogP contribution in [-0.4, -0.2) is 50.2 Å². The van der Waals surface area contributed by atoms with Crippen molar-refractivity contribution in [2.75, 3.05) is 34.5 Å². The van der Waals surface area contributed by atoms with Gasteiger partial charge in [0.15, 0.2) is 0 Å². The van der Waals surface area contributed by atoms with Crippen LogP contribution in [0.15, 0.2) is 54.6 Å². The van der Waals surface area contributed by atoms with Gasteiger partial charge < -0.3 is 19.5 Å². The first-order chi connectivity index (χ1) is 14.2. The zero-order valence-electron chi connectivity index (χ0n) is 16.8. The molecular formula is C22H25N3O4. The number of rotatable bonds is 9. The minimum absolute atomic E-state index is 0.198. The van der Waals surface area contributed by atoms with Crippen molar-refractivity contribution in [1.82, 2.24) is 15.1 Å². The zero-order valence-corrected chi connectivity index (χ0v) is 16.8. The van der Waals surface area contributed by atoms with Gasteiger partial charge in [0, 0.05) is 31.9 Å². The molecule has 2 aromatic carbocycles. The van der Waals surface area contributed by atoms with Gasteiger partial charge in [0.25, 0.3) is 5.91 Å². The van der Waals surface area contributed by atoms with E-state index in [1.165, 1.54) is 0 Å². The topological polar surface area (TPSA) is 74.6 Å². The summed E-state index contributed by atoms with van der Waals surface area (Å²) in [4.78, 5) is 12.8. The summed E-state index contributed by atoms with van der Waals surface area (Å²) in [6.07, 6.45) is 0.737. The van der Waals surface area contributed by atoms with Crippen LogP contribution in [0.3, 0.4) is 0 Å². The molecule has 1 amide bonds. The normalized spacial score (nSPS) is 10.6. The SMILES string of the molecule is COCCCNC(=O)c1cc(-c2ccc(OC)cc2OC)nn1-c1ccccc1. The lowest BCUT2D eigenvalue weighted by atomic mass is 10.1. The van der Waals surface area contributed by atoms with E-state index >= 15 is 0 Å². The Morgan fingerprint density at radius 2 is 1.83 bits per heavy atom. The van der Waals surface area contributed by atoms with Gasteiger partial charge in [-0.05, 0) is 36.8 Å². The van der Waals surface area contributed by atoms with Gasteiger partial charge in [-0.1, -0.05) is 18.2 Å².